The van der Waals surface area contributed by atoms with E-state index in [9.17, 15) is 27.9 Å². The monoisotopic (exact) mass is 599 g/mol. The number of hydrogen-bond donors (Lipinski definition) is 1. The summed E-state index contributed by atoms with van der Waals surface area (Å²) < 4.78 is 37.2. The summed E-state index contributed by atoms with van der Waals surface area (Å²) >= 11 is 5.90. The van der Waals surface area contributed by atoms with Crippen molar-refractivity contribution < 1.29 is 36.8 Å². The fraction of sp³-hybridized carbons (Fsp3) is 0.367. The maximum Gasteiger partial charge on any atom is 0.339 e. The van der Waals surface area contributed by atoms with E-state index in [0.29, 0.717) is 60.3 Å². The second kappa shape index (κ2) is 11.7. The van der Waals surface area contributed by atoms with Crippen LogP contribution < -0.4 is 8.92 Å². The van der Waals surface area contributed by atoms with Gasteiger partial charge in [0.2, 0.25) is 0 Å². The minimum absolute atomic E-state index is 0.0298. The summed E-state index contributed by atoms with van der Waals surface area (Å²) in [6.07, 6.45) is 3.02. The first-order valence-corrected chi connectivity index (χ1v) is 15.4. The Labute approximate surface area is 243 Å². The Morgan fingerprint density at radius 1 is 0.951 bits per heavy atom. The Morgan fingerprint density at radius 2 is 1.56 bits per heavy atom. The molecule has 216 valence electrons. The zero-order valence-corrected chi connectivity index (χ0v) is 24.1. The molecular formula is C30H30ClNO8S. The third kappa shape index (κ3) is 5.76. The van der Waals surface area contributed by atoms with Gasteiger partial charge in [-0.05, 0) is 74.6 Å². The summed E-state index contributed by atoms with van der Waals surface area (Å²) in [7, 11) is -4.21. The molecule has 1 N–H and O–H groups in total. The first-order chi connectivity index (χ1) is 19.6. The molecule has 2 aromatic carbocycles. The molecule has 0 atom stereocenters. The lowest BCUT2D eigenvalue weighted by Gasteiger charge is -2.44. The van der Waals surface area contributed by atoms with Crippen LogP contribution in [0.2, 0.25) is 5.02 Å². The van der Waals surface area contributed by atoms with E-state index in [1.807, 2.05) is 4.90 Å². The molecule has 0 bridgehead atoms. The highest BCUT2D eigenvalue weighted by Crippen LogP contribution is 2.50. The van der Waals surface area contributed by atoms with Gasteiger partial charge in [-0.25, -0.2) is 0 Å². The number of allylic oxidation sites excluding steroid dienone is 4. The number of halogens is 1. The fourth-order valence-corrected chi connectivity index (χ4v) is 6.90. The zero-order chi connectivity index (χ0) is 29.3. The van der Waals surface area contributed by atoms with E-state index in [1.54, 1.807) is 19.1 Å². The summed E-state index contributed by atoms with van der Waals surface area (Å²) in [6, 6.07) is 10.4. The molecule has 0 aromatic heterocycles. The largest absolute Gasteiger partial charge is 0.490 e. The lowest BCUT2D eigenvalue weighted by atomic mass is 9.71. The first-order valence-electron chi connectivity index (χ1n) is 13.6. The van der Waals surface area contributed by atoms with Gasteiger partial charge in [0.1, 0.15) is 4.90 Å². The average molecular weight is 600 g/mol. The second-order valence-corrected chi connectivity index (χ2v) is 12.1. The molecule has 0 amide bonds. The van der Waals surface area contributed by atoms with Crippen molar-refractivity contribution in [3.63, 3.8) is 0 Å². The summed E-state index contributed by atoms with van der Waals surface area (Å²) in [5, 5.41) is 9.76. The predicted molar refractivity (Wildman–Crippen MR) is 150 cm³/mol. The highest BCUT2D eigenvalue weighted by Gasteiger charge is 2.43. The molecular weight excluding hydrogens is 570 g/mol. The van der Waals surface area contributed by atoms with Crippen molar-refractivity contribution in [2.75, 3.05) is 13.2 Å². The van der Waals surface area contributed by atoms with Gasteiger partial charge in [-0.2, -0.15) is 8.42 Å². The lowest BCUT2D eigenvalue weighted by Crippen LogP contribution is -2.39. The van der Waals surface area contributed by atoms with Crippen LogP contribution in [0, 0.1) is 0 Å². The number of carboxylic acids is 1. The molecule has 0 unspecified atom stereocenters. The fourth-order valence-electron chi connectivity index (χ4n) is 5.84. The Hall–Kier alpha value is -3.63. The maximum atomic E-state index is 13.4. The highest BCUT2D eigenvalue weighted by atomic mass is 35.5. The van der Waals surface area contributed by atoms with Gasteiger partial charge in [-0.15, -0.1) is 0 Å². The Bertz CT molecular complexity index is 1530. The van der Waals surface area contributed by atoms with E-state index >= 15 is 0 Å². The van der Waals surface area contributed by atoms with Crippen molar-refractivity contribution >= 4 is 39.3 Å². The van der Waals surface area contributed by atoms with Crippen LogP contribution in [0.5, 0.6) is 11.5 Å². The third-order valence-corrected chi connectivity index (χ3v) is 9.04. The van der Waals surface area contributed by atoms with E-state index in [4.69, 9.17) is 20.5 Å². The molecule has 0 saturated carbocycles. The molecule has 0 saturated heterocycles. The number of aliphatic carboxylic acids is 1. The number of carbonyl (C=O) groups excluding carboxylic acids is 2. The van der Waals surface area contributed by atoms with Crippen molar-refractivity contribution in [1.82, 2.24) is 4.90 Å². The van der Waals surface area contributed by atoms with Gasteiger partial charge in [0.25, 0.3) is 0 Å². The molecule has 9 nitrogen and oxygen atoms in total. The Balaban J connectivity index is 1.61. The van der Waals surface area contributed by atoms with Crippen LogP contribution in [0.15, 0.2) is 69.9 Å². The van der Waals surface area contributed by atoms with Gasteiger partial charge in [0.05, 0.1) is 13.0 Å². The maximum absolute atomic E-state index is 13.4. The van der Waals surface area contributed by atoms with Crippen LogP contribution in [0.4, 0.5) is 0 Å². The van der Waals surface area contributed by atoms with Crippen molar-refractivity contribution in [3.8, 4) is 11.5 Å². The molecule has 2 aromatic rings. The van der Waals surface area contributed by atoms with E-state index in [1.165, 1.54) is 30.3 Å². The predicted octanol–water partition coefficient (Wildman–Crippen LogP) is 5.39. The van der Waals surface area contributed by atoms with E-state index in [0.717, 1.165) is 11.4 Å². The van der Waals surface area contributed by atoms with Crippen LogP contribution in [0.1, 0.15) is 63.4 Å². The highest BCUT2D eigenvalue weighted by molar-refractivity contribution is 7.87. The lowest BCUT2D eigenvalue weighted by molar-refractivity contribution is -0.137. The summed E-state index contributed by atoms with van der Waals surface area (Å²) in [5.41, 5.74) is 3.14. The average Bonchev–Trinajstić information content (AvgIpc) is 2.93. The number of ketones is 2. The third-order valence-electron chi connectivity index (χ3n) is 7.54. The molecule has 0 radical (unpaired) electrons. The van der Waals surface area contributed by atoms with Crippen molar-refractivity contribution in [3.05, 3.63) is 75.6 Å². The van der Waals surface area contributed by atoms with Crippen LogP contribution in [0.3, 0.4) is 0 Å². The minimum atomic E-state index is -4.21. The molecule has 41 heavy (non-hydrogen) atoms. The quantitative estimate of drug-likeness (QED) is 0.377. The van der Waals surface area contributed by atoms with Gasteiger partial charge < -0.3 is 18.9 Å². The summed E-state index contributed by atoms with van der Waals surface area (Å²) in [4.78, 5) is 40.1. The zero-order valence-electron chi connectivity index (χ0n) is 22.5. The standard InChI is InChI=1S/C30H30ClNO8S/c1-2-39-26-17-18(9-14-25(26)40-41(37,38)20-12-10-19(31)11-13-20)28-29-21(5-3-7-23(29)33)32(16-15-27(35)36)22-6-4-8-24(34)30(22)28/h9-14,17,28H,2-8,15-16H2,1H3,(H,35,36). The SMILES string of the molecule is CCOc1cc(C2C3=C(CCCC3=O)N(CCC(=O)O)C3=C2C(=O)CCC3)ccc1OS(=O)(=O)c1ccc(Cl)cc1. The number of Topliss-reactive ketones (excluding diaryl/α,β-unsaturated/α-hetero) is 2. The Morgan fingerprint density at radius 3 is 2.12 bits per heavy atom. The van der Waals surface area contributed by atoms with Crippen LogP contribution in [-0.4, -0.2) is 49.1 Å². The number of ether oxygens (including phenoxy) is 1. The molecule has 5 rings (SSSR count). The van der Waals surface area contributed by atoms with Crippen LogP contribution >= 0.6 is 11.6 Å². The van der Waals surface area contributed by atoms with Crippen molar-refractivity contribution in [1.29, 1.82) is 0 Å². The number of nitrogens with zero attached hydrogens (tertiary/aromatic N) is 1. The molecule has 0 spiro atoms. The van der Waals surface area contributed by atoms with E-state index in [-0.39, 0.29) is 47.5 Å². The second-order valence-electron chi connectivity index (χ2n) is 10.1. The van der Waals surface area contributed by atoms with Gasteiger partial charge in [-0.3, -0.25) is 14.4 Å². The molecule has 0 fully saturated rings. The molecule has 2 aliphatic carbocycles. The topological polar surface area (TPSA) is 127 Å². The summed E-state index contributed by atoms with van der Waals surface area (Å²) in [6.45, 7) is 2.15. The molecule has 1 heterocycles. The normalized spacial score (nSPS) is 17.9. The van der Waals surface area contributed by atoms with Crippen LogP contribution in [-0.2, 0) is 24.5 Å². The number of carbonyl (C=O) groups is 3. The molecule has 1 aliphatic heterocycles. The minimum Gasteiger partial charge on any atom is -0.490 e. The van der Waals surface area contributed by atoms with Crippen molar-refractivity contribution in [2.24, 2.45) is 0 Å². The van der Waals surface area contributed by atoms with E-state index < -0.39 is 22.0 Å². The number of carboxylic acid groups (broad SMARTS) is 1. The summed E-state index contributed by atoms with van der Waals surface area (Å²) in [5.74, 6) is -1.64. The first kappa shape index (κ1) is 28.9. The van der Waals surface area contributed by atoms with Crippen LogP contribution in [0.25, 0.3) is 0 Å². The smallest absolute Gasteiger partial charge is 0.339 e. The number of benzene rings is 2. The molecule has 3 aliphatic rings. The van der Waals surface area contributed by atoms with E-state index in [2.05, 4.69) is 0 Å². The van der Waals surface area contributed by atoms with Gasteiger partial charge in [0.15, 0.2) is 23.1 Å². The number of rotatable bonds is 9. The van der Waals surface area contributed by atoms with Crippen molar-refractivity contribution in [2.45, 2.75) is 62.7 Å². The van der Waals surface area contributed by atoms with Gasteiger partial charge in [0, 0.05) is 52.9 Å². The number of hydrogen-bond acceptors (Lipinski definition) is 8. The van der Waals surface area contributed by atoms with Gasteiger partial charge >= 0.3 is 16.1 Å². The molecule has 11 heteroatoms. The Kier molecular flexibility index (Phi) is 8.24. The van der Waals surface area contributed by atoms with Gasteiger partial charge in [-0.1, -0.05) is 17.7 Å².